The Balaban J connectivity index is 2.16. The van der Waals surface area contributed by atoms with Gasteiger partial charge < -0.3 is 63.4 Å². The first kappa shape index (κ1) is 48.3. The third kappa shape index (κ3) is 11.4. The molecule has 0 unspecified atom stereocenters. The van der Waals surface area contributed by atoms with Gasteiger partial charge in [-0.05, 0) is 111 Å². The van der Waals surface area contributed by atoms with E-state index in [1.54, 1.807) is 41.5 Å². The first-order valence-corrected chi connectivity index (χ1v) is 20.6. The summed E-state index contributed by atoms with van der Waals surface area (Å²) in [6, 6.07) is -0.855. The Morgan fingerprint density at radius 3 is 2.20 bits per heavy atom. The van der Waals surface area contributed by atoms with E-state index in [1.165, 1.54) is 14.0 Å². The SMILES string of the molecule is C=CC(=O)O[C@H]1[C@H](C)O[C@@H](O[C@H]2[C@H](C)[C@@H](O[C@@H]3O[C@H](C)C[C@H](N(C)C)[C@H]3O)[C@](C)(O)C[C@@H](C)CN(C)[C@H](C)[C@@H](O)[C@](C)(O)[C@@H](I)OC(=O)[C@@H]2C)C[C@@]1(C)OC. The van der Waals surface area contributed by atoms with Crippen molar-refractivity contribution in [1.29, 1.82) is 0 Å². The molecule has 0 amide bonds. The zero-order valence-electron chi connectivity index (χ0n) is 35.0. The number of carbonyl (C=O) groups excluding carboxylic acids is 2. The molecule has 3 rings (SSSR count). The maximum atomic E-state index is 14.2. The van der Waals surface area contributed by atoms with Gasteiger partial charge in [-0.2, -0.15) is 0 Å². The predicted molar refractivity (Wildman–Crippen MR) is 212 cm³/mol. The van der Waals surface area contributed by atoms with Crippen LogP contribution in [-0.2, 0) is 42.7 Å². The van der Waals surface area contributed by atoms with Gasteiger partial charge in [0, 0.05) is 44.2 Å². The normalized spacial score (nSPS) is 47.3. The highest BCUT2D eigenvalue weighted by molar-refractivity contribution is 14.1. The molecule has 0 spiro atoms. The van der Waals surface area contributed by atoms with Crippen molar-refractivity contribution in [2.45, 2.75) is 170 Å². The fraction of sp³-hybridized carbons (Fsp3) is 0.897. The van der Waals surface area contributed by atoms with E-state index in [-0.39, 0.29) is 30.9 Å². The average Bonchev–Trinajstić information content (AvgIpc) is 3.09. The number of rotatable bonds is 8. The highest BCUT2D eigenvalue weighted by atomic mass is 127. The van der Waals surface area contributed by atoms with Gasteiger partial charge in [-0.1, -0.05) is 20.4 Å². The minimum atomic E-state index is -1.85. The van der Waals surface area contributed by atoms with Crippen LogP contribution < -0.4 is 0 Å². The number of methoxy groups -OCH3 is 1. The Bertz CT molecular complexity index is 1290. The summed E-state index contributed by atoms with van der Waals surface area (Å²) in [5, 5.41) is 47.1. The first-order valence-electron chi connectivity index (χ1n) is 19.3. The van der Waals surface area contributed by atoms with Crippen molar-refractivity contribution >= 4 is 34.5 Å². The summed E-state index contributed by atoms with van der Waals surface area (Å²) in [5.74, 6) is -3.39. The monoisotopic (exact) mass is 900 g/mol. The summed E-state index contributed by atoms with van der Waals surface area (Å²) in [4.78, 5) is 30.2. The van der Waals surface area contributed by atoms with E-state index in [4.69, 9.17) is 33.2 Å². The molecule has 0 aliphatic carbocycles. The van der Waals surface area contributed by atoms with Gasteiger partial charge >= 0.3 is 11.9 Å². The van der Waals surface area contributed by atoms with Crippen LogP contribution in [0.1, 0.15) is 81.6 Å². The lowest BCUT2D eigenvalue weighted by molar-refractivity contribution is -0.318. The minimum absolute atomic E-state index is 0.0827. The lowest BCUT2D eigenvalue weighted by Gasteiger charge is -2.49. The highest BCUT2D eigenvalue weighted by Gasteiger charge is 2.53. The number of aliphatic hydroxyl groups excluding tert-OH is 2. The van der Waals surface area contributed by atoms with E-state index in [1.807, 2.05) is 67.4 Å². The van der Waals surface area contributed by atoms with Crippen LogP contribution in [-0.4, -0.2) is 165 Å². The molecule has 55 heavy (non-hydrogen) atoms. The second-order valence-electron chi connectivity index (χ2n) is 17.2. The third-order valence-electron chi connectivity index (χ3n) is 12.0. The molecule has 3 saturated heterocycles. The van der Waals surface area contributed by atoms with Crippen LogP contribution in [0.5, 0.6) is 0 Å². The molecule has 3 heterocycles. The van der Waals surface area contributed by atoms with Crippen LogP contribution in [0.4, 0.5) is 0 Å². The average molecular weight is 901 g/mol. The topological polar surface area (TPSA) is 186 Å². The Labute approximate surface area is 341 Å². The third-order valence-corrected chi connectivity index (χ3v) is 13.5. The van der Waals surface area contributed by atoms with Gasteiger partial charge in [0.1, 0.15) is 23.4 Å². The second-order valence-corrected chi connectivity index (χ2v) is 18.3. The standard InChI is InChI=1S/C39H69IN2O13/c1-15-27(43)52-33-25(7)51-28(18-38(33,9)49-14)53-30-22(4)32(54-35-29(44)26(41(11)12)16-21(3)50-35)37(8,47)17-20(2)19-42(13)24(6)31(45)39(10,48)36(40)55-34(46)23(30)5/h15,20-26,28-33,35-36,44-45,47-48H,1,16-19H2,2-14H3/t20-,21-,22+,23-,24-,25+,26+,28+,29-,30+,31-,32-,33+,35+,36+,37-,38-,39+/m1/s1. The molecule has 0 saturated carbocycles. The number of esters is 2. The second kappa shape index (κ2) is 19.4. The Morgan fingerprint density at radius 1 is 1.02 bits per heavy atom. The molecule has 18 atom stereocenters. The molecule has 320 valence electrons. The van der Waals surface area contributed by atoms with Crippen LogP contribution in [0, 0.1) is 17.8 Å². The van der Waals surface area contributed by atoms with Crippen LogP contribution >= 0.6 is 22.6 Å². The predicted octanol–water partition coefficient (Wildman–Crippen LogP) is 2.62. The van der Waals surface area contributed by atoms with Crippen LogP contribution in [0.25, 0.3) is 0 Å². The molecule has 3 aliphatic heterocycles. The lowest BCUT2D eigenvalue weighted by Crippen LogP contribution is -2.61. The fourth-order valence-electron chi connectivity index (χ4n) is 8.53. The summed E-state index contributed by atoms with van der Waals surface area (Å²) < 4.78 is 42.3. The van der Waals surface area contributed by atoms with Crippen molar-refractivity contribution in [3.05, 3.63) is 12.7 Å². The summed E-state index contributed by atoms with van der Waals surface area (Å²) >= 11 is 1.82. The molecular formula is C39H69IN2O13. The zero-order valence-corrected chi connectivity index (χ0v) is 37.2. The number of hydrogen-bond acceptors (Lipinski definition) is 15. The van der Waals surface area contributed by atoms with Crippen molar-refractivity contribution in [2.75, 3.05) is 34.8 Å². The number of carbonyl (C=O) groups is 2. The minimum Gasteiger partial charge on any atom is -0.453 e. The van der Waals surface area contributed by atoms with Crippen molar-refractivity contribution < 1.29 is 63.2 Å². The van der Waals surface area contributed by atoms with Gasteiger partial charge in [0.05, 0.1) is 35.9 Å². The van der Waals surface area contributed by atoms with Gasteiger partial charge in [0.15, 0.2) is 22.8 Å². The smallest absolute Gasteiger partial charge is 0.330 e. The number of nitrogens with zero attached hydrogens (tertiary/aromatic N) is 2. The number of alkyl halides is 1. The molecular weight excluding hydrogens is 831 g/mol. The van der Waals surface area contributed by atoms with Gasteiger partial charge in [-0.15, -0.1) is 0 Å². The summed E-state index contributed by atoms with van der Waals surface area (Å²) in [6.45, 7) is 19.6. The number of likely N-dealkylation sites (N-methyl/N-ethyl adjacent to an activating group) is 2. The van der Waals surface area contributed by atoms with Crippen molar-refractivity contribution in [3.63, 3.8) is 0 Å². The quantitative estimate of drug-likeness (QED) is 0.121. The molecule has 4 N–H and O–H groups in total. The maximum absolute atomic E-state index is 14.2. The Kier molecular flexibility index (Phi) is 17.0. The zero-order chi connectivity index (χ0) is 42.0. The fourth-order valence-corrected chi connectivity index (χ4v) is 9.15. The van der Waals surface area contributed by atoms with Crippen molar-refractivity contribution in [3.8, 4) is 0 Å². The van der Waals surface area contributed by atoms with Gasteiger partial charge in [0.25, 0.3) is 0 Å². The van der Waals surface area contributed by atoms with Crippen LogP contribution in [0.3, 0.4) is 0 Å². The molecule has 15 nitrogen and oxygen atoms in total. The van der Waals surface area contributed by atoms with E-state index in [0.717, 1.165) is 6.08 Å². The van der Waals surface area contributed by atoms with E-state index < -0.39 is 99.9 Å². The van der Waals surface area contributed by atoms with E-state index >= 15 is 0 Å². The Hall–Kier alpha value is -1.03. The van der Waals surface area contributed by atoms with Gasteiger partial charge in [-0.3, -0.25) is 4.79 Å². The van der Waals surface area contributed by atoms with E-state index in [2.05, 4.69) is 6.58 Å². The number of cyclic esters (lactones) is 1. The van der Waals surface area contributed by atoms with E-state index in [0.29, 0.717) is 13.0 Å². The molecule has 3 aliphatic rings. The Morgan fingerprint density at radius 2 is 1.64 bits per heavy atom. The maximum Gasteiger partial charge on any atom is 0.330 e. The van der Waals surface area contributed by atoms with Gasteiger partial charge in [-0.25, -0.2) is 4.79 Å². The van der Waals surface area contributed by atoms with Crippen LogP contribution in [0.2, 0.25) is 0 Å². The van der Waals surface area contributed by atoms with Crippen LogP contribution in [0.15, 0.2) is 12.7 Å². The molecule has 3 fully saturated rings. The van der Waals surface area contributed by atoms with Crippen molar-refractivity contribution in [2.24, 2.45) is 17.8 Å². The highest BCUT2D eigenvalue weighted by Crippen LogP contribution is 2.41. The molecule has 0 aromatic heterocycles. The number of hydrogen-bond donors (Lipinski definition) is 4. The number of ether oxygens (including phenoxy) is 7. The molecule has 0 bridgehead atoms. The molecule has 16 heteroatoms. The van der Waals surface area contributed by atoms with Crippen molar-refractivity contribution in [1.82, 2.24) is 9.80 Å². The summed E-state index contributed by atoms with van der Waals surface area (Å²) in [6.07, 6.45) is -6.57. The molecule has 0 radical (unpaired) electrons. The molecule has 0 aromatic carbocycles. The number of aliphatic hydroxyl groups is 4. The summed E-state index contributed by atoms with van der Waals surface area (Å²) in [7, 11) is 7.06. The number of halogens is 1. The van der Waals surface area contributed by atoms with Gasteiger partial charge in [0.2, 0.25) is 0 Å². The molecule has 0 aromatic rings. The largest absolute Gasteiger partial charge is 0.453 e. The first-order chi connectivity index (χ1) is 25.3. The summed E-state index contributed by atoms with van der Waals surface area (Å²) in [5.41, 5.74) is -4.51. The van der Waals surface area contributed by atoms with E-state index in [9.17, 15) is 30.0 Å². The lowest BCUT2D eigenvalue weighted by atomic mass is 9.77.